The maximum atomic E-state index is 12.4. The molecule has 0 aliphatic carbocycles. The van der Waals surface area contributed by atoms with Crippen molar-refractivity contribution < 1.29 is 14.3 Å². The van der Waals surface area contributed by atoms with Crippen molar-refractivity contribution in [1.82, 2.24) is 15.5 Å². The maximum absolute atomic E-state index is 12.4. The third-order valence-electron chi connectivity index (χ3n) is 3.58. The quantitative estimate of drug-likeness (QED) is 0.550. The average Bonchev–Trinajstić information content (AvgIpc) is 3.15. The molecule has 0 saturated carbocycles. The van der Waals surface area contributed by atoms with Crippen LogP contribution in [0.3, 0.4) is 0 Å². The number of amides is 1. The van der Waals surface area contributed by atoms with Gasteiger partial charge in [0.25, 0.3) is 5.91 Å². The summed E-state index contributed by atoms with van der Waals surface area (Å²) in [4.78, 5) is 24.2. The third-order valence-corrected chi connectivity index (χ3v) is 3.58. The van der Waals surface area contributed by atoms with E-state index in [-0.39, 0.29) is 0 Å². The zero-order valence-corrected chi connectivity index (χ0v) is 15.3. The lowest BCUT2D eigenvalue weighted by atomic mass is 9.95. The number of hydrogen-bond donors (Lipinski definition) is 3. The highest BCUT2D eigenvalue weighted by Gasteiger charge is 2.34. The molecular formula is C20H20N4O3. The van der Waals surface area contributed by atoms with Gasteiger partial charge in [0.1, 0.15) is 6.04 Å². The molecule has 7 nitrogen and oxygen atoms in total. The minimum atomic E-state index is -0.970. The van der Waals surface area contributed by atoms with E-state index in [2.05, 4.69) is 39.2 Å². The highest BCUT2D eigenvalue weighted by molar-refractivity contribution is 5.97. The third kappa shape index (κ3) is 5.74. The highest BCUT2D eigenvalue weighted by atomic mass is 16.5. The number of aromatic amines is 1. The van der Waals surface area contributed by atoms with Crippen molar-refractivity contribution in [3.63, 3.8) is 0 Å². The van der Waals surface area contributed by atoms with Gasteiger partial charge in [-0.2, -0.15) is 5.10 Å². The number of carbonyl (C=O) groups is 2. The minimum Gasteiger partial charge on any atom is -0.467 e. The Morgan fingerprint density at radius 3 is 2.33 bits per heavy atom. The Balaban J connectivity index is 2.06. The Kier molecular flexibility index (Phi) is 6.37. The molecule has 2 rings (SSSR count). The molecular weight excluding hydrogens is 344 g/mol. The summed E-state index contributed by atoms with van der Waals surface area (Å²) in [5.74, 6) is 10.1. The fourth-order valence-electron chi connectivity index (χ4n) is 2.11. The molecule has 1 atom stereocenters. The van der Waals surface area contributed by atoms with Gasteiger partial charge in [-0.3, -0.25) is 9.89 Å². The standard InChI is InChI=1S/C20H20N4O3/c1-20(2,21)17(19(26)27-3)24-18(25)16-10-8-14(9-11-16)6-4-5-7-15-12-22-23-13-15/h8-13,17H,21H2,1-3H3,(H,22,23)(H,24,25)/t17-/m1/s1. The molecule has 1 aromatic heterocycles. The number of rotatable bonds is 4. The Bertz CT molecular complexity index is 918. The zero-order chi connectivity index (χ0) is 19.9. The number of benzene rings is 1. The molecule has 7 heteroatoms. The molecule has 0 aliphatic rings. The first-order valence-electron chi connectivity index (χ1n) is 8.09. The fraction of sp³-hybridized carbons (Fsp3) is 0.250. The largest absolute Gasteiger partial charge is 0.467 e. The molecule has 0 fully saturated rings. The lowest BCUT2D eigenvalue weighted by Gasteiger charge is -2.28. The van der Waals surface area contributed by atoms with E-state index in [0.29, 0.717) is 11.1 Å². The van der Waals surface area contributed by atoms with Gasteiger partial charge >= 0.3 is 5.97 Å². The van der Waals surface area contributed by atoms with Gasteiger partial charge in [0, 0.05) is 22.9 Å². The number of esters is 1. The number of carbonyl (C=O) groups excluding carboxylic acids is 2. The number of hydrogen-bond acceptors (Lipinski definition) is 5. The number of nitrogens with one attached hydrogen (secondary N) is 2. The topological polar surface area (TPSA) is 110 Å². The lowest BCUT2D eigenvalue weighted by Crippen LogP contribution is -2.59. The molecule has 27 heavy (non-hydrogen) atoms. The number of ether oxygens (including phenoxy) is 1. The van der Waals surface area contributed by atoms with E-state index in [1.54, 1.807) is 50.5 Å². The summed E-state index contributed by atoms with van der Waals surface area (Å²) < 4.78 is 4.71. The predicted molar refractivity (Wildman–Crippen MR) is 100 cm³/mol. The van der Waals surface area contributed by atoms with Crippen molar-refractivity contribution in [3.8, 4) is 23.7 Å². The Labute approximate surface area is 157 Å². The second-order valence-electron chi connectivity index (χ2n) is 6.32. The molecule has 0 aliphatic heterocycles. The van der Waals surface area contributed by atoms with E-state index in [0.717, 1.165) is 5.56 Å². The van der Waals surface area contributed by atoms with Gasteiger partial charge in [-0.05, 0) is 55.9 Å². The Morgan fingerprint density at radius 2 is 1.81 bits per heavy atom. The van der Waals surface area contributed by atoms with E-state index in [4.69, 9.17) is 10.5 Å². The van der Waals surface area contributed by atoms with E-state index >= 15 is 0 Å². The van der Waals surface area contributed by atoms with Crippen molar-refractivity contribution >= 4 is 11.9 Å². The molecule has 4 N–H and O–H groups in total. The Hall–Kier alpha value is -3.55. The second kappa shape index (κ2) is 8.70. The number of H-pyrrole nitrogens is 1. The summed E-state index contributed by atoms with van der Waals surface area (Å²) in [7, 11) is 1.25. The first-order valence-corrected chi connectivity index (χ1v) is 8.09. The van der Waals surface area contributed by atoms with Crippen LogP contribution in [0.2, 0.25) is 0 Å². The van der Waals surface area contributed by atoms with Crippen LogP contribution < -0.4 is 11.1 Å². The normalized spacial score (nSPS) is 11.3. The van der Waals surface area contributed by atoms with Crippen molar-refractivity contribution in [1.29, 1.82) is 0 Å². The van der Waals surface area contributed by atoms with Crippen LogP contribution in [0.4, 0.5) is 0 Å². The zero-order valence-electron chi connectivity index (χ0n) is 15.3. The van der Waals surface area contributed by atoms with Crippen LogP contribution in [-0.4, -0.2) is 40.8 Å². The van der Waals surface area contributed by atoms with Crippen LogP contribution in [0, 0.1) is 23.7 Å². The number of nitrogens with zero attached hydrogens (tertiary/aromatic N) is 1. The van der Waals surface area contributed by atoms with Gasteiger partial charge in [-0.25, -0.2) is 4.79 Å². The molecule has 0 spiro atoms. The molecule has 1 aromatic carbocycles. The maximum Gasteiger partial charge on any atom is 0.330 e. The molecule has 0 bridgehead atoms. The minimum absolute atomic E-state index is 0.378. The van der Waals surface area contributed by atoms with E-state index in [1.807, 2.05) is 0 Å². The lowest BCUT2D eigenvalue weighted by molar-refractivity contribution is -0.144. The van der Waals surface area contributed by atoms with Gasteiger partial charge in [-0.1, -0.05) is 5.92 Å². The molecule has 1 heterocycles. The van der Waals surface area contributed by atoms with Crippen LogP contribution in [-0.2, 0) is 9.53 Å². The summed E-state index contributed by atoms with van der Waals surface area (Å²) in [6.07, 6.45) is 3.28. The van der Waals surface area contributed by atoms with Gasteiger partial charge in [0.05, 0.1) is 18.9 Å². The highest BCUT2D eigenvalue weighted by Crippen LogP contribution is 2.10. The first-order chi connectivity index (χ1) is 12.8. The molecule has 2 aromatic rings. The van der Waals surface area contributed by atoms with Gasteiger partial charge in [0.2, 0.25) is 0 Å². The summed E-state index contributed by atoms with van der Waals surface area (Å²) in [5.41, 5.74) is 6.82. The molecule has 0 saturated heterocycles. The number of nitrogens with two attached hydrogens (primary N) is 1. The van der Waals surface area contributed by atoms with E-state index in [1.165, 1.54) is 7.11 Å². The van der Waals surface area contributed by atoms with Crippen molar-refractivity contribution in [2.75, 3.05) is 7.11 Å². The second-order valence-corrected chi connectivity index (χ2v) is 6.32. The molecule has 0 radical (unpaired) electrons. The van der Waals surface area contributed by atoms with Crippen LogP contribution in [0.25, 0.3) is 0 Å². The van der Waals surface area contributed by atoms with Crippen molar-refractivity contribution in [2.24, 2.45) is 5.73 Å². The SMILES string of the molecule is COC(=O)[C@@H](NC(=O)c1ccc(C#CC#Cc2cn[nH]c2)cc1)C(C)(C)N. The number of methoxy groups -OCH3 is 1. The monoisotopic (exact) mass is 364 g/mol. The Morgan fingerprint density at radius 1 is 1.19 bits per heavy atom. The van der Waals surface area contributed by atoms with Crippen LogP contribution in [0.15, 0.2) is 36.7 Å². The smallest absolute Gasteiger partial charge is 0.330 e. The van der Waals surface area contributed by atoms with Gasteiger partial charge in [0.15, 0.2) is 0 Å². The van der Waals surface area contributed by atoms with Crippen molar-refractivity contribution in [3.05, 3.63) is 53.3 Å². The van der Waals surface area contributed by atoms with Crippen LogP contribution >= 0.6 is 0 Å². The predicted octanol–water partition coefficient (Wildman–Crippen LogP) is 0.822. The summed E-state index contributed by atoms with van der Waals surface area (Å²) in [5, 5.41) is 9.06. The average molecular weight is 364 g/mol. The van der Waals surface area contributed by atoms with Crippen LogP contribution in [0.1, 0.15) is 35.3 Å². The van der Waals surface area contributed by atoms with Gasteiger partial charge < -0.3 is 15.8 Å². The fourth-order valence-corrected chi connectivity index (χ4v) is 2.11. The van der Waals surface area contributed by atoms with E-state index < -0.39 is 23.5 Å². The molecule has 138 valence electrons. The molecule has 0 unspecified atom stereocenters. The van der Waals surface area contributed by atoms with Crippen molar-refractivity contribution in [2.45, 2.75) is 25.4 Å². The van der Waals surface area contributed by atoms with Crippen LogP contribution in [0.5, 0.6) is 0 Å². The first kappa shape index (κ1) is 19.8. The summed E-state index contributed by atoms with van der Waals surface area (Å²) >= 11 is 0. The number of aromatic nitrogens is 2. The summed E-state index contributed by atoms with van der Waals surface area (Å²) in [6.45, 7) is 3.27. The van der Waals surface area contributed by atoms with E-state index in [9.17, 15) is 9.59 Å². The molecule has 1 amide bonds. The van der Waals surface area contributed by atoms with Gasteiger partial charge in [-0.15, -0.1) is 0 Å². The summed E-state index contributed by atoms with van der Waals surface area (Å²) in [6, 6.07) is 5.65.